The molecule has 1 aliphatic rings. The third-order valence-electron chi connectivity index (χ3n) is 4.76. The standard InChI is InChI=1S/C22H24N2O4/c1-3-16-7-9-18(10-8-16)23-20(25)14-28-22(27)17-12-21(26)24(13-17)19-6-4-5-15(2)11-19/h4-11,17H,3,12-14H2,1-2H3,(H,23,25)/t17-/m1/s1. The van der Waals surface area contributed by atoms with E-state index < -0.39 is 17.8 Å². The van der Waals surface area contributed by atoms with Crippen LogP contribution >= 0.6 is 0 Å². The highest BCUT2D eigenvalue weighted by Crippen LogP contribution is 2.26. The van der Waals surface area contributed by atoms with Crippen molar-refractivity contribution in [3.8, 4) is 0 Å². The minimum atomic E-state index is -0.565. The molecule has 1 fully saturated rings. The fourth-order valence-electron chi connectivity index (χ4n) is 3.19. The van der Waals surface area contributed by atoms with Crippen LogP contribution in [0.3, 0.4) is 0 Å². The molecule has 0 saturated carbocycles. The molecule has 1 heterocycles. The van der Waals surface area contributed by atoms with Crippen molar-refractivity contribution in [2.75, 3.05) is 23.4 Å². The van der Waals surface area contributed by atoms with Gasteiger partial charge in [0.15, 0.2) is 6.61 Å². The number of ether oxygens (including phenoxy) is 1. The lowest BCUT2D eigenvalue weighted by molar-refractivity contribution is -0.151. The SMILES string of the molecule is CCc1ccc(NC(=O)COC(=O)[C@@H]2CC(=O)N(c3cccc(C)c3)C2)cc1. The Bertz CT molecular complexity index is 876. The third kappa shape index (κ3) is 4.76. The fraction of sp³-hybridized carbons (Fsp3) is 0.318. The van der Waals surface area contributed by atoms with Crippen LogP contribution in [-0.2, 0) is 25.5 Å². The van der Waals surface area contributed by atoms with Crippen LogP contribution in [0.4, 0.5) is 11.4 Å². The average Bonchev–Trinajstić information content (AvgIpc) is 3.08. The van der Waals surface area contributed by atoms with E-state index in [0.29, 0.717) is 5.69 Å². The Kier molecular flexibility index (Phi) is 6.09. The summed E-state index contributed by atoms with van der Waals surface area (Å²) in [6, 6.07) is 15.1. The molecule has 0 unspecified atom stereocenters. The van der Waals surface area contributed by atoms with Gasteiger partial charge in [0.25, 0.3) is 5.91 Å². The van der Waals surface area contributed by atoms with Gasteiger partial charge in [0.05, 0.1) is 5.92 Å². The zero-order valence-electron chi connectivity index (χ0n) is 16.1. The van der Waals surface area contributed by atoms with Gasteiger partial charge in [-0.2, -0.15) is 0 Å². The van der Waals surface area contributed by atoms with Gasteiger partial charge < -0.3 is 15.0 Å². The smallest absolute Gasteiger partial charge is 0.311 e. The summed E-state index contributed by atoms with van der Waals surface area (Å²) in [5, 5.41) is 2.70. The number of benzene rings is 2. The average molecular weight is 380 g/mol. The minimum absolute atomic E-state index is 0.0902. The molecule has 0 aromatic heterocycles. The molecule has 2 aromatic rings. The van der Waals surface area contributed by atoms with Gasteiger partial charge in [0.1, 0.15) is 0 Å². The van der Waals surface area contributed by atoms with E-state index >= 15 is 0 Å². The number of carbonyl (C=O) groups excluding carboxylic acids is 3. The van der Waals surface area contributed by atoms with Crippen LogP contribution in [0.1, 0.15) is 24.5 Å². The number of hydrogen-bond acceptors (Lipinski definition) is 4. The van der Waals surface area contributed by atoms with Gasteiger partial charge in [0, 0.05) is 24.3 Å². The summed E-state index contributed by atoms with van der Waals surface area (Å²) in [5.41, 5.74) is 3.64. The van der Waals surface area contributed by atoms with Crippen molar-refractivity contribution < 1.29 is 19.1 Å². The summed E-state index contributed by atoms with van der Waals surface area (Å²) >= 11 is 0. The number of nitrogens with one attached hydrogen (secondary N) is 1. The maximum atomic E-state index is 12.3. The van der Waals surface area contributed by atoms with Gasteiger partial charge in [-0.1, -0.05) is 31.2 Å². The molecular weight excluding hydrogens is 356 g/mol. The fourth-order valence-corrected chi connectivity index (χ4v) is 3.19. The van der Waals surface area contributed by atoms with Crippen LogP contribution < -0.4 is 10.2 Å². The van der Waals surface area contributed by atoms with E-state index in [0.717, 1.165) is 17.7 Å². The summed E-state index contributed by atoms with van der Waals surface area (Å²) in [5.74, 6) is -1.62. The van der Waals surface area contributed by atoms with Crippen LogP contribution in [-0.4, -0.2) is 30.9 Å². The normalized spacial score (nSPS) is 16.1. The highest BCUT2D eigenvalue weighted by molar-refractivity contribution is 6.00. The highest BCUT2D eigenvalue weighted by Gasteiger charge is 2.36. The van der Waals surface area contributed by atoms with Crippen LogP contribution in [0, 0.1) is 12.8 Å². The van der Waals surface area contributed by atoms with Crippen molar-refractivity contribution in [3.63, 3.8) is 0 Å². The van der Waals surface area contributed by atoms with Crippen molar-refractivity contribution in [1.82, 2.24) is 0 Å². The van der Waals surface area contributed by atoms with Gasteiger partial charge in [-0.25, -0.2) is 0 Å². The molecule has 6 heteroatoms. The summed E-state index contributed by atoms with van der Waals surface area (Å²) in [6.07, 6.45) is 1.01. The molecule has 0 aliphatic carbocycles. The second-order valence-corrected chi connectivity index (χ2v) is 6.95. The molecule has 146 valence electrons. The van der Waals surface area contributed by atoms with E-state index in [1.165, 1.54) is 5.56 Å². The maximum absolute atomic E-state index is 12.3. The molecular formula is C22H24N2O4. The second-order valence-electron chi connectivity index (χ2n) is 6.95. The number of amides is 2. The van der Waals surface area contributed by atoms with Gasteiger partial charge in [-0.05, 0) is 48.7 Å². The lowest BCUT2D eigenvalue weighted by Gasteiger charge is -2.17. The number of anilines is 2. The van der Waals surface area contributed by atoms with E-state index in [9.17, 15) is 14.4 Å². The zero-order valence-corrected chi connectivity index (χ0v) is 16.1. The first kappa shape index (κ1) is 19.6. The Hall–Kier alpha value is -3.15. The number of hydrogen-bond donors (Lipinski definition) is 1. The monoisotopic (exact) mass is 380 g/mol. The van der Waals surface area contributed by atoms with Crippen LogP contribution in [0.25, 0.3) is 0 Å². The molecule has 3 rings (SSSR count). The van der Waals surface area contributed by atoms with Crippen molar-refractivity contribution >= 4 is 29.2 Å². The third-order valence-corrected chi connectivity index (χ3v) is 4.76. The van der Waals surface area contributed by atoms with Crippen molar-refractivity contribution in [2.45, 2.75) is 26.7 Å². The van der Waals surface area contributed by atoms with Crippen LogP contribution in [0.15, 0.2) is 48.5 Å². The molecule has 1 aliphatic heterocycles. The predicted octanol–water partition coefficient (Wildman–Crippen LogP) is 3.09. The van der Waals surface area contributed by atoms with E-state index in [2.05, 4.69) is 12.2 Å². The quantitative estimate of drug-likeness (QED) is 0.782. The largest absolute Gasteiger partial charge is 0.455 e. The number of nitrogens with zero attached hydrogens (tertiary/aromatic N) is 1. The molecule has 2 aromatic carbocycles. The van der Waals surface area contributed by atoms with E-state index in [1.54, 1.807) is 4.90 Å². The minimum Gasteiger partial charge on any atom is -0.455 e. The number of aryl methyl sites for hydroxylation is 2. The first-order valence-electron chi connectivity index (χ1n) is 9.38. The maximum Gasteiger partial charge on any atom is 0.311 e. The number of carbonyl (C=O) groups is 3. The van der Waals surface area contributed by atoms with Crippen molar-refractivity contribution in [2.24, 2.45) is 5.92 Å². The zero-order chi connectivity index (χ0) is 20.1. The Morgan fingerprint density at radius 2 is 1.93 bits per heavy atom. The predicted molar refractivity (Wildman–Crippen MR) is 107 cm³/mol. The Morgan fingerprint density at radius 3 is 2.61 bits per heavy atom. The number of esters is 1. The second kappa shape index (κ2) is 8.69. The Morgan fingerprint density at radius 1 is 1.18 bits per heavy atom. The molecule has 0 spiro atoms. The Balaban J connectivity index is 1.50. The van der Waals surface area contributed by atoms with E-state index in [4.69, 9.17) is 4.74 Å². The molecule has 1 saturated heterocycles. The highest BCUT2D eigenvalue weighted by atomic mass is 16.5. The van der Waals surface area contributed by atoms with Crippen molar-refractivity contribution in [3.05, 3.63) is 59.7 Å². The summed E-state index contributed by atoms with van der Waals surface area (Å²) in [7, 11) is 0. The molecule has 28 heavy (non-hydrogen) atoms. The topological polar surface area (TPSA) is 75.7 Å². The van der Waals surface area contributed by atoms with Crippen LogP contribution in [0.2, 0.25) is 0 Å². The first-order valence-corrected chi connectivity index (χ1v) is 9.38. The molecule has 6 nitrogen and oxygen atoms in total. The van der Waals surface area contributed by atoms with Gasteiger partial charge >= 0.3 is 5.97 Å². The van der Waals surface area contributed by atoms with Crippen molar-refractivity contribution in [1.29, 1.82) is 0 Å². The summed E-state index contributed by atoms with van der Waals surface area (Å²) in [4.78, 5) is 38.2. The summed E-state index contributed by atoms with van der Waals surface area (Å²) in [6.45, 7) is 3.90. The first-order chi connectivity index (χ1) is 13.5. The molecule has 1 N–H and O–H groups in total. The van der Waals surface area contributed by atoms with Gasteiger partial charge in [-0.3, -0.25) is 14.4 Å². The van der Waals surface area contributed by atoms with Gasteiger partial charge in [0.2, 0.25) is 5.91 Å². The molecule has 0 bridgehead atoms. The molecule has 1 atom stereocenters. The lowest BCUT2D eigenvalue weighted by Crippen LogP contribution is -2.28. The van der Waals surface area contributed by atoms with E-state index in [1.807, 2.05) is 55.5 Å². The lowest BCUT2D eigenvalue weighted by atomic mass is 10.1. The van der Waals surface area contributed by atoms with E-state index in [-0.39, 0.29) is 25.5 Å². The number of rotatable bonds is 6. The van der Waals surface area contributed by atoms with Gasteiger partial charge in [-0.15, -0.1) is 0 Å². The Labute approximate surface area is 164 Å². The summed E-state index contributed by atoms with van der Waals surface area (Å²) < 4.78 is 5.13. The molecule has 2 amide bonds. The molecule has 0 radical (unpaired) electrons. The van der Waals surface area contributed by atoms with Crippen LogP contribution in [0.5, 0.6) is 0 Å².